The van der Waals surface area contributed by atoms with Crippen LogP contribution >= 0.6 is 0 Å². The van der Waals surface area contributed by atoms with Gasteiger partial charge in [-0.25, -0.2) is 15.0 Å². The lowest BCUT2D eigenvalue weighted by atomic mass is 9.93. The molecule has 0 saturated carbocycles. The van der Waals surface area contributed by atoms with Crippen LogP contribution < -0.4 is 0 Å². The van der Waals surface area contributed by atoms with E-state index in [1.807, 2.05) is 12.1 Å². The summed E-state index contributed by atoms with van der Waals surface area (Å²) in [6, 6.07) is 70.3. The lowest BCUT2D eigenvalue weighted by Crippen LogP contribution is -1.96. The smallest absolute Gasteiger partial charge is 0.160 e. The minimum Gasteiger partial charge on any atom is -0.247 e. The Morgan fingerprint density at radius 3 is 1.56 bits per heavy atom. The lowest BCUT2D eigenvalue weighted by molar-refractivity contribution is 1.18. The molecule has 3 nitrogen and oxygen atoms in total. The minimum atomic E-state index is 0.693. The fourth-order valence-electron chi connectivity index (χ4n) is 7.60. The Bertz CT molecular complexity index is 2970. The SMILES string of the molecule is c1ccc(-c2cccc(-c3nc(-c4ccccc4)cc(-c4cccc(-c5cccc(-c6nc7ccccc7c7c6ccc6ccccc67)c5)c4)n3)c2)cc1. The molecule has 10 rings (SSSR count). The van der Waals surface area contributed by atoms with Gasteiger partial charge in [0, 0.05) is 38.4 Å². The second-order valence-corrected chi connectivity index (χ2v) is 13.6. The number of aromatic nitrogens is 3. The van der Waals surface area contributed by atoms with Gasteiger partial charge in [0.25, 0.3) is 0 Å². The molecule has 0 radical (unpaired) electrons. The third kappa shape index (κ3) is 5.78. The van der Waals surface area contributed by atoms with E-state index in [0.717, 1.165) is 72.5 Å². The lowest BCUT2D eigenvalue weighted by Gasteiger charge is -2.14. The summed E-state index contributed by atoms with van der Waals surface area (Å²) in [5.41, 5.74) is 12.4. The monoisotopic (exact) mass is 687 g/mol. The Labute approximate surface area is 313 Å². The molecule has 0 aliphatic rings. The molecule has 54 heavy (non-hydrogen) atoms. The molecule has 2 heterocycles. The van der Waals surface area contributed by atoms with Crippen molar-refractivity contribution in [3.05, 3.63) is 200 Å². The third-order valence-electron chi connectivity index (χ3n) is 10.2. The van der Waals surface area contributed by atoms with Crippen molar-refractivity contribution in [1.82, 2.24) is 15.0 Å². The molecular formula is C51H33N3. The maximum Gasteiger partial charge on any atom is 0.160 e. The number of pyridine rings is 1. The van der Waals surface area contributed by atoms with E-state index >= 15 is 0 Å². The van der Waals surface area contributed by atoms with Gasteiger partial charge < -0.3 is 0 Å². The van der Waals surface area contributed by atoms with Crippen LogP contribution in [0.1, 0.15) is 0 Å². The molecule has 0 saturated heterocycles. The Morgan fingerprint density at radius 2 is 0.796 bits per heavy atom. The van der Waals surface area contributed by atoms with Gasteiger partial charge in [-0.05, 0) is 63.4 Å². The first-order valence-corrected chi connectivity index (χ1v) is 18.3. The number of hydrogen-bond donors (Lipinski definition) is 0. The Balaban J connectivity index is 1.09. The number of fused-ring (bicyclic) bond motifs is 5. The van der Waals surface area contributed by atoms with Crippen molar-refractivity contribution in [3.8, 4) is 67.4 Å². The molecule has 0 aliphatic heterocycles. The molecule has 0 aliphatic carbocycles. The van der Waals surface area contributed by atoms with E-state index in [0.29, 0.717) is 5.82 Å². The van der Waals surface area contributed by atoms with Crippen LogP contribution in [0.4, 0.5) is 0 Å². The van der Waals surface area contributed by atoms with Gasteiger partial charge in [-0.1, -0.05) is 170 Å². The number of nitrogens with zero attached hydrogens (tertiary/aromatic N) is 3. The van der Waals surface area contributed by atoms with Gasteiger partial charge in [0.15, 0.2) is 5.82 Å². The van der Waals surface area contributed by atoms with E-state index in [-0.39, 0.29) is 0 Å². The molecule has 0 unspecified atom stereocenters. The van der Waals surface area contributed by atoms with Crippen LogP contribution in [0.25, 0.3) is 99.9 Å². The van der Waals surface area contributed by atoms with Crippen molar-refractivity contribution in [2.45, 2.75) is 0 Å². The Morgan fingerprint density at radius 1 is 0.278 bits per heavy atom. The molecule has 0 atom stereocenters. The number of rotatable bonds is 6. The molecule has 252 valence electrons. The summed E-state index contributed by atoms with van der Waals surface area (Å²) in [6.07, 6.45) is 0. The van der Waals surface area contributed by atoms with Crippen molar-refractivity contribution in [2.24, 2.45) is 0 Å². The predicted molar refractivity (Wildman–Crippen MR) is 225 cm³/mol. The van der Waals surface area contributed by atoms with Crippen LogP contribution in [0.5, 0.6) is 0 Å². The van der Waals surface area contributed by atoms with Crippen molar-refractivity contribution in [1.29, 1.82) is 0 Å². The zero-order chi connectivity index (χ0) is 35.8. The van der Waals surface area contributed by atoms with Crippen LogP contribution in [-0.4, -0.2) is 15.0 Å². The van der Waals surface area contributed by atoms with E-state index in [1.165, 1.54) is 21.5 Å². The first-order valence-electron chi connectivity index (χ1n) is 18.3. The fraction of sp³-hybridized carbons (Fsp3) is 0. The maximum absolute atomic E-state index is 5.27. The van der Waals surface area contributed by atoms with Crippen molar-refractivity contribution >= 4 is 32.4 Å². The van der Waals surface area contributed by atoms with Gasteiger partial charge in [0.2, 0.25) is 0 Å². The standard InChI is InChI=1S/C51H33N3/c1-3-14-34(15-4-1)37-19-13-24-42(32-37)51-53-47(36-17-5-2-6-18-36)33-48(54-51)40-22-11-20-38(30-40)39-21-12-23-41(31-39)50-45-29-28-35-16-7-8-25-43(35)49(45)44-26-9-10-27-46(44)52-50/h1-33H. The average Bonchev–Trinajstić information content (AvgIpc) is 3.26. The molecular weight excluding hydrogens is 655 g/mol. The zero-order valence-electron chi connectivity index (χ0n) is 29.4. The molecule has 10 aromatic rings. The second kappa shape index (κ2) is 13.4. The molecule has 0 fully saturated rings. The Hall–Kier alpha value is -7.23. The number of para-hydroxylation sites is 1. The minimum absolute atomic E-state index is 0.693. The highest BCUT2D eigenvalue weighted by Crippen LogP contribution is 2.38. The largest absolute Gasteiger partial charge is 0.247 e. The zero-order valence-corrected chi connectivity index (χ0v) is 29.4. The first-order chi connectivity index (χ1) is 26.7. The second-order valence-electron chi connectivity index (χ2n) is 13.6. The van der Waals surface area contributed by atoms with E-state index < -0.39 is 0 Å². The van der Waals surface area contributed by atoms with E-state index in [4.69, 9.17) is 15.0 Å². The molecule has 0 amide bonds. The highest BCUT2D eigenvalue weighted by Gasteiger charge is 2.15. The van der Waals surface area contributed by atoms with Crippen molar-refractivity contribution in [3.63, 3.8) is 0 Å². The van der Waals surface area contributed by atoms with Crippen LogP contribution in [0.15, 0.2) is 200 Å². The van der Waals surface area contributed by atoms with E-state index in [1.54, 1.807) is 0 Å². The van der Waals surface area contributed by atoms with Gasteiger partial charge in [0.05, 0.1) is 22.6 Å². The highest BCUT2D eigenvalue weighted by atomic mass is 14.9. The molecule has 3 heteroatoms. The molecule has 8 aromatic carbocycles. The number of benzene rings is 8. The van der Waals surface area contributed by atoms with Gasteiger partial charge in [-0.3, -0.25) is 0 Å². The van der Waals surface area contributed by atoms with E-state index in [2.05, 4.69) is 188 Å². The quantitative estimate of drug-likeness (QED) is 0.163. The summed E-state index contributed by atoms with van der Waals surface area (Å²) in [4.78, 5) is 15.6. The third-order valence-corrected chi connectivity index (χ3v) is 10.2. The average molecular weight is 688 g/mol. The van der Waals surface area contributed by atoms with Gasteiger partial charge in [-0.15, -0.1) is 0 Å². The van der Waals surface area contributed by atoms with Crippen LogP contribution in [0.3, 0.4) is 0 Å². The van der Waals surface area contributed by atoms with Crippen LogP contribution in [-0.2, 0) is 0 Å². The summed E-state index contributed by atoms with van der Waals surface area (Å²) in [5, 5.41) is 6.03. The molecule has 2 aromatic heterocycles. The van der Waals surface area contributed by atoms with Crippen molar-refractivity contribution in [2.75, 3.05) is 0 Å². The van der Waals surface area contributed by atoms with Crippen LogP contribution in [0.2, 0.25) is 0 Å². The summed E-state index contributed by atoms with van der Waals surface area (Å²) >= 11 is 0. The Kier molecular flexibility index (Phi) is 7.81. The summed E-state index contributed by atoms with van der Waals surface area (Å²) in [7, 11) is 0. The summed E-state index contributed by atoms with van der Waals surface area (Å²) in [5.74, 6) is 0.693. The predicted octanol–water partition coefficient (Wildman–Crippen LogP) is 13.3. The van der Waals surface area contributed by atoms with Gasteiger partial charge in [-0.2, -0.15) is 0 Å². The van der Waals surface area contributed by atoms with Gasteiger partial charge in [0.1, 0.15) is 0 Å². The van der Waals surface area contributed by atoms with Crippen LogP contribution in [0, 0.1) is 0 Å². The summed E-state index contributed by atoms with van der Waals surface area (Å²) in [6.45, 7) is 0. The normalized spacial score (nSPS) is 11.3. The van der Waals surface area contributed by atoms with E-state index in [9.17, 15) is 0 Å². The van der Waals surface area contributed by atoms with Gasteiger partial charge >= 0.3 is 0 Å². The maximum atomic E-state index is 5.27. The first kappa shape index (κ1) is 31.5. The molecule has 0 bridgehead atoms. The molecule has 0 spiro atoms. The topological polar surface area (TPSA) is 38.7 Å². The molecule has 0 N–H and O–H groups in total. The number of hydrogen-bond acceptors (Lipinski definition) is 3. The summed E-state index contributed by atoms with van der Waals surface area (Å²) < 4.78 is 0. The van der Waals surface area contributed by atoms with Crippen molar-refractivity contribution < 1.29 is 0 Å². The highest BCUT2D eigenvalue weighted by molar-refractivity contribution is 6.22. The fourth-order valence-corrected chi connectivity index (χ4v) is 7.60.